The van der Waals surface area contributed by atoms with Gasteiger partial charge in [-0.3, -0.25) is 9.59 Å². The number of hydrogen-bond acceptors (Lipinski definition) is 4. The summed E-state index contributed by atoms with van der Waals surface area (Å²) < 4.78 is 5.51. The van der Waals surface area contributed by atoms with Crippen LogP contribution in [0.15, 0.2) is 54.6 Å². The minimum Gasteiger partial charge on any atom is -0.484 e. The van der Waals surface area contributed by atoms with Gasteiger partial charge in [0.2, 0.25) is 0 Å². The molecule has 5 heteroatoms. The molecular formula is C22H26N2O3. The highest BCUT2D eigenvalue weighted by Gasteiger charge is 2.22. The molecule has 1 saturated heterocycles. The van der Waals surface area contributed by atoms with Crippen LogP contribution in [0.25, 0.3) is 0 Å². The fourth-order valence-electron chi connectivity index (χ4n) is 3.27. The maximum atomic E-state index is 12.0. The lowest BCUT2D eigenvalue weighted by molar-refractivity contribution is -0.123. The summed E-state index contributed by atoms with van der Waals surface area (Å²) in [7, 11) is 0. The third-order valence-corrected chi connectivity index (χ3v) is 4.86. The van der Waals surface area contributed by atoms with Gasteiger partial charge in [-0.25, -0.2) is 0 Å². The molecule has 1 aliphatic heterocycles. The van der Waals surface area contributed by atoms with Crippen molar-refractivity contribution in [3.8, 4) is 5.75 Å². The van der Waals surface area contributed by atoms with Crippen LogP contribution >= 0.6 is 0 Å². The molecule has 0 saturated carbocycles. The molecule has 1 fully saturated rings. The van der Waals surface area contributed by atoms with Crippen molar-refractivity contribution in [2.75, 3.05) is 31.1 Å². The first-order valence-corrected chi connectivity index (χ1v) is 9.48. The van der Waals surface area contributed by atoms with E-state index >= 15 is 0 Å². The number of nitrogens with zero attached hydrogens (tertiary/aromatic N) is 1. The molecule has 0 aliphatic carbocycles. The molecule has 0 spiro atoms. The molecule has 1 aliphatic rings. The molecule has 3 rings (SSSR count). The largest absolute Gasteiger partial charge is 0.484 e. The van der Waals surface area contributed by atoms with E-state index in [-0.39, 0.29) is 18.3 Å². The van der Waals surface area contributed by atoms with Crippen LogP contribution in [0.5, 0.6) is 5.75 Å². The average Bonchev–Trinajstić information content (AvgIpc) is 3.20. The smallest absolute Gasteiger partial charge is 0.257 e. The molecule has 2 aromatic rings. The molecular weight excluding hydrogens is 340 g/mol. The highest BCUT2D eigenvalue weighted by molar-refractivity contribution is 5.95. The van der Waals surface area contributed by atoms with Crippen LogP contribution in [0.4, 0.5) is 5.69 Å². The zero-order valence-corrected chi connectivity index (χ0v) is 15.7. The Morgan fingerprint density at radius 1 is 1.11 bits per heavy atom. The molecule has 27 heavy (non-hydrogen) atoms. The number of carbonyl (C=O) groups excluding carboxylic acids is 2. The van der Waals surface area contributed by atoms with Gasteiger partial charge < -0.3 is 15.0 Å². The second-order valence-corrected chi connectivity index (χ2v) is 6.83. The first kappa shape index (κ1) is 19.0. The van der Waals surface area contributed by atoms with Crippen molar-refractivity contribution in [2.45, 2.75) is 19.8 Å². The Kier molecular flexibility index (Phi) is 6.47. The monoisotopic (exact) mass is 366 g/mol. The summed E-state index contributed by atoms with van der Waals surface area (Å²) in [5.41, 5.74) is 1.90. The summed E-state index contributed by atoms with van der Waals surface area (Å²) in [5.74, 6) is 1.02. The van der Waals surface area contributed by atoms with E-state index in [4.69, 9.17) is 4.74 Å². The van der Waals surface area contributed by atoms with Crippen LogP contribution in [-0.2, 0) is 4.79 Å². The van der Waals surface area contributed by atoms with Crippen molar-refractivity contribution in [1.29, 1.82) is 0 Å². The Bertz CT molecular complexity index is 759. The number of amides is 1. The number of anilines is 1. The molecule has 1 atom stereocenters. The van der Waals surface area contributed by atoms with Gasteiger partial charge in [0.15, 0.2) is 12.4 Å². The first-order valence-electron chi connectivity index (χ1n) is 9.48. The van der Waals surface area contributed by atoms with Crippen molar-refractivity contribution >= 4 is 17.4 Å². The van der Waals surface area contributed by atoms with E-state index in [1.165, 1.54) is 5.69 Å². The van der Waals surface area contributed by atoms with Crippen molar-refractivity contribution < 1.29 is 14.3 Å². The standard InChI is InChI=1S/C22H26N2O3/c1-2-21(25)18-8-10-20(11-9-18)27-16-22(26)23-14-17-12-13-24(15-17)19-6-4-3-5-7-19/h3-11,17H,2,12-16H2,1H3,(H,23,26)/t17-/m0/s1. The van der Waals surface area contributed by atoms with E-state index in [0.717, 1.165) is 19.5 Å². The SMILES string of the molecule is CCC(=O)c1ccc(OCC(=O)NC[C@@H]2CCN(c3ccccc3)C2)cc1. The summed E-state index contributed by atoms with van der Waals surface area (Å²) in [5, 5.41) is 2.96. The van der Waals surface area contributed by atoms with Gasteiger partial charge in [-0.1, -0.05) is 25.1 Å². The minimum atomic E-state index is -0.123. The number of para-hydroxylation sites is 1. The molecule has 1 amide bonds. The minimum absolute atomic E-state index is 0.0177. The van der Waals surface area contributed by atoms with Gasteiger partial charge in [0.25, 0.3) is 5.91 Å². The number of nitrogens with one attached hydrogen (secondary N) is 1. The Balaban J connectivity index is 1.38. The van der Waals surface area contributed by atoms with Gasteiger partial charge in [-0.2, -0.15) is 0 Å². The van der Waals surface area contributed by atoms with Crippen molar-refractivity contribution in [2.24, 2.45) is 5.92 Å². The lowest BCUT2D eigenvalue weighted by Gasteiger charge is -2.18. The van der Waals surface area contributed by atoms with Gasteiger partial charge in [0, 0.05) is 37.3 Å². The van der Waals surface area contributed by atoms with Crippen molar-refractivity contribution in [3.05, 3.63) is 60.2 Å². The summed E-state index contributed by atoms with van der Waals surface area (Å²) in [4.78, 5) is 26.0. The Morgan fingerprint density at radius 3 is 2.56 bits per heavy atom. The van der Waals surface area contributed by atoms with Gasteiger partial charge in [0.05, 0.1) is 0 Å². The Morgan fingerprint density at radius 2 is 1.85 bits per heavy atom. The highest BCUT2D eigenvalue weighted by Crippen LogP contribution is 2.22. The van der Waals surface area contributed by atoms with Crippen LogP contribution in [0.3, 0.4) is 0 Å². The first-order chi connectivity index (χ1) is 13.2. The fourth-order valence-corrected chi connectivity index (χ4v) is 3.27. The zero-order valence-electron chi connectivity index (χ0n) is 15.7. The molecule has 0 unspecified atom stereocenters. The number of hydrogen-bond donors (Lipinski definition) is 1. The lowest BCUT2D eigenvalue weighted by Crippen LogP contribution is -2.34. The molecule has 142 valence electrons. The topological polar surface area (TPSA) is 58.6 Å². The van der Waals surface area contributed by atoms with E-state index in [0.29, 0.717) is 30.2 Å². The number of ether oxygens (including phenoxy) is 1. The number of carbonyl (C=O) groups is 2. The predicted molar refractivity (Wildman–Crippen MR) is 106 cm³/mol. The van der Waals surface area contributed by atoms with Crippen LogP contribution < -0.4 is 15.0 Å². The van der Waals surface area contributed by atoms with E-state index in [9.17, 15) is 9.59 Å². The molecule has 2 aromatic carbocycles. The second kappa shape index (κ2) is 9.21. The molecule has 5 nitrogen and oxygen atoms in total. The number of benzene rings is 2. The lowest BCUT2D eigenvalue weighted by atomic mass is 10.1. The fraction of sp³-hybridized carbons (Fsp3) is 0.364. The van der Waals surface area contributed by atoms with Crippen LogP contribution in [0.1, 0.15) is 30.1 Å². The average molecular weight is 366 g/mol. The van der Waals surface area contributed by atoms with Gasteiger partial charge in [-0.15, -0.1) is 0 Å². The normalized spacial score (nSPS) is 16.2. The Hall–Kier alpha value is -2.82. The van der Waals surface area contributed by atoms with E-state index in [2.05, 4.69) is 22.3 Å². The number of rotatable bonds is 8. The molecule has 0 radical (unpaired) electrons. The van der Waals surface area contributed by atoms with Crippen LogP contribution in [0, 0.1) is 5.92 Å². The molecule has 0 bridgehead atoms. The van der Waals surface area contributed by atoms with Crippen LogP contribution in [0.2, 0.25) is 0 Å². The number of Topliss-reactive ketones (excluding diaryl/α,β-unsaturated/α-hetero) is 1. The second-order valence-electron chi connectivity index (χ2n) is 6.83. The summed E-state index contributed by atoms with van der Waals surface area (Å²) in [6.45, 7) is 4.45. The van der Waals surface area contributed by atoms with Gasteiger partial charge in [-0.05, 0) is 48.7 Å². The molecule has 1 N–H and O–H groups in total. The van der Waals surface area contributed by atoms with Gasteiger partial charge >= 0.3 is 0 Å². The predicted octanol–water partition coefficient (Wildman–Crippen LogP) is 3.30. The highest BCUT2D eigenvalue weighted by atomic mass is 16.5. The molecule has 0 aromatic heterocycles. The maximum Gasteiger partial charge on any atom is 0.257 e. The van der Waals surface area contributed by atoms with Crippen molar-refractivity contribution in [1.82, 2.24) is 5.32 Å². The summed E-state index contributed by atoms with van der Waals surface area (Å²) >= 11 is 0. The van der Waals surface area contributed by atoms with E-state index < -0.39 is 0 Å². The summed E-state index contributed by atoms with van der Waals surface area (Å²) in [6, 6.07) is 17.3. The van der Waals surface area contributed by atoms with E-state index in [1.54, 1.807) is 24.3 Å². The quantitative estimate of drug-likeness (QED) is 0.728. The van der Waals surface area contributed by atoms with E-state index in [1.807, 2.05) is 25.1 Å². The Labute approximate surface area is 160 Å². The molecule has 1 heterocycles. The van der Waals surface area contributed by atoms with Crippen molar-refractivity contribution in [3.63, 3.8) is 0 Å². The summed E-state index contributed by atoms with van der Waals surface area (Å²) in [6.07, 6.45) is 1.55. The van der Waals surface area contributed by atoms with Crippen LogP contribution in [-0.4, -0.2) is 37.9 Å². The third-order valence-electron chi connectivity index (χ3n) is 4.86. The number of ketones is 1. The van der Waals surface area contributed by atoms with Gasteiger partial charge in [0.1, 0.15) is 5.75 Å². The third kappa shape index (κ3) is 5.33. The maximum absolute atomic E-state index is 12.0. The zero-order chi connectivity index (χ0) is 19.1.